The Morgan fingerprint density at radius 2 is 2.30 bits per heavy atom. The monoisotopic (exact) mass is 421 g/mol. The van der Waals surface area contributed by atoms with E-state index < -0.39 is 0 Å². The van der Waals surface area contributed by atoms with Gasteiger partial charge in [-0.05, 0) is 44.4 Å². The van der Waals surface area contributed by atoms with Gasteiger partial charge in [0.05, 0.1) is 11.2 Å². The van der Waals surface area contributed by atoms with Crippen LogP contribution in [0.15, 0.2) is 43.3 Å². The van der Waals surface area contributed by atoms with Gasteiger partial charge < -0.3 is 14.8 Å². The number of anilines is 2. The predicted molar refractivity (Wildman–Crippen MR) is 124 cm³/mol. The fourth-order valence-electron chi connectivity index (χ4n) is 3.78. The van der Waals surface area contributed by atoms with Crippen LogP contribution in [0.3, 0.4) is 0 Å². The van der Waals surface area contributed by atoms with Crippen molar-refractivity contribution in [2.75, 3.05) is 18.4 Å². The summed E-state index contributed by atoms with van der Waals surface area (Å²) >= 11 is 1.62. The molecule has 0 aromatic carbocycles. The number of amides is 1. The van der Waals surface area contributed by atoms with E-state index in [0.29, 0.717) is 19.1 Å². The zero-order valence-electron chi connectivity index (χ0n) is 17.7. The van der Waals surface area contributed by atoms with Gasteiger partial charge >= 0.3 is 0 Å². The number of nitrogens with one attached hydrogen (secondary N) is 1. The second-order valence-corrected chi connectivity index (χ2v) is 8.87. The first-order valence-corrected chi connectivity index (χ1v) is 11.1. The molecule has 3 aromatic rings. The van der Waals surface area contributed by atoms with Crippen LogP contribution in [-0.4, -0.2) is 38.4 Å². The fourth-order valence-corrected chi connectivity index (χ4v) is 4.45. The largest absolute Gasteiger partial charge is 0.345 e. The van der Waals surface area contributed by atoms with Gasteiger partial charge in [0, 0.05) is 47.9 Å². The van der Waals surface area contributed by atoms with Gasteiger partial charge in [0.2, 0.25) is 5.91 Å². The lowest BCUT2D eigenvalue weighted by Gasteiger charge is -2.25. The molecular formula is C23H27N5OS. The molecule has 1 N–H and O–H groups in total. The molecule has 0 fully saturated rings. The highest BCUT2D eigenvalue weighted by atomic mass is 32.1. The van der Waals surface area contributed by atoms with Crippen molar-refractivity contribution in [1.29, 1.82) is 0 Å². The van der Waals surface area contributed by atoms with Gasteiger partial charge in [-0.1, -0.05) is 19.6 Å². The maximum atomic E-state index is 11.9. The molecule has 0 bridgehead atoms. The van der Waals surface area contributed by atoms with E-state index in [1.807, 2.05) is 13.1 Å². The number of hydrogen-bond donors (Lipinski definition) is 1. The number of hydrogen-bond acceptors (Lipinski definition) is 5. The molecule has 1 aliphatic rings. The molecule has 1 atom stereocenters. The average Bonchev–Trinajstić information content (AvgIpc) is 3.38. The average molecular weight is 422 g/mol. The summed E-state index contributed by atoms with van der Waals surface area (Å²) in [7, 11) is 0. The molecule has 156 valence electrons. The van der Waals surface area contributed by atoms with Crippen LogP contribution in [0.2, 0.25) is 0 Å². The summed E-state index contributed by atoms with van der Waals surface area (Å²) in [6.07, 6.45) is 9.33. The van der Waals surface area contributed by atoms with E-state index in [2.05, 4.69) is 59.7 Å². The van der Waals surface area contributed by atoms with Crippen molar-refractivity contribution in [2.45, 2.75) is 39.7 Å². The normalized spacial score (nSPS) is 15.2. The molecule has 0 saturated carbocycles. The van der Waals surface area contributed by atoms with E-state index in [0.717, 1.165) is 45.3 Å². The molecule has 1 aliphatic heterocycles. The molecule has 0 radical (unpaired) electrons. The van der Waals surface area contributed by atoms with Gasteiger partial charge in [0.15, 0.2) is 5.13 Å². The summed E-state index contributed by atoms with van der Waals surface area (Å²) in [5, 5.41) is 5.37. The first-order valence-electron chi connectivity index (χ1n) is 10.3. The molecule has 3 aromatic heterocycles. The summed E-state index contributed by atoms with van der Waals surface area (Å²) in [6, 6.07) is 4.66. The fraction of sp³-hybridized carbons (Fsp3) is 0.348. The van der Waals surface area contributed by atoms with Crippen LogP contribution in [0.1, 0.15) is 43.3 Å². The van der Waals surface area contributed by atoms with Crippen LogP contribution in [0.5, 0.6) is 0 Å². The number of fused-ring (bicyclic) bond motifs is 1. The van der Waals surface area contributed by atoms with Crippen LogP contribution in [0.25, 0.3) is 16.5 Å². The van der Waals surface area contributed by atoms with Gasteiger partial charge in [0.25, 0.3) is 0 Å². The zero-order valence-corrected chi connectivity index (χ0v) is 18.5. The molecule has 7 heteroatoms. The van der Waals surface area contributed by atoms with Crippen molar-refractivity contribution < 1.29 is 4.79 Å². The molecule has 4 rings (SSSR count). The second kappa shape index (κ2) is 8.44. The molecular weight excluding hydrogens is 394 g/mol. The molecule has 0 aliphatic carbocycles. The highest BCUT2D eigenvalue weighted by Crippen LogP contribution is 2.33. The molecule has 30 heavy (non-hydrogen) atoms. The van der Waals surface area contributed by atoms with Crippen molar-refractivity contribution in [3.63, 3.8) is 0 Å². The van der Waals surface area contributed by atoms with Crippen molar-refractivity contribution >= 4 is 44.7 Å². The number of carbonyl (C=O) groups is 1. The Bertz CT molecular complexity index is 1130. The second-order valence-electron chi connectivity index (χ2n) is 7.64. The smallest absolute Gasteiger partial charge is 0.246 e. The Hall–Kier alpha value is -2.93. The van der Waals surface area contributed by atoms with Gasteiger partial charge in [0.1, 0.15) is 5.82 Å². The third-order valence-corrected chi connectivity index (χ3v) is 6.47. The molecule has 4 heterocycles. The first kappa shape index (κ1) is 20.3. The minimum Gasteiger partial charge on any atom is -0.345 e. The van der Waals surface area contributed by atoms with E-state index in [1.54, 1.807) is 16.2 Å². The Kier molecular flexibility index (Phi) is 5.72. The standard InChI is InChI=1S/C23H27N5OS/c1-5-15(3)28-12-9-18-19(28)13-20(26-23-24-14-16(4)30-23)25-22(18)17-7-10-27(11-8-17)21(29)6-2/h6-7,9,12-15H,2,5,8,10-11H2,1,3-4H3,(H,24,25,26). The molecule has 0 saturated heterocycles. The van der Waals surface area contributed by atoms with E-state index in [1.165, 1.54) is 11.6 Å². The first-order chi connectivity index (χ1) is 14.5. The van der Waals surface area contributed by atoms with Crippen molar-refractivity contribution in [1.82, 2.24) is 19.4 Å². The third-order valence-electron chi connectivity index (χ3n) is 5.64. The Balaban J connectivity index is 1.77. The third kappa shape index (κ3) is 3.89. The van der Waals surface area contributed by atoms with Crippen LogP contribution in [-0.2, 0) is 4.79 Å². The lowest BCUT2D eigenvalue weighted by molar-refractivity contribution is -0.125. The van der Waals surface area contributed by atoms with Crippen LogP contribution >= 0.6 is 11.3 Å². The van der Waals surface area contributed by atoms with E-state index in [9.17, 15) is 4.79 Å². The molecule has 6 nitrogen and oxygen atoms in total. The number of thiazole rings is 1. The summed E-state index contributed by atoms with van der Waals surface area (Å²) < 4.78 is 2.32. The summed E-state index contributed by atoms with van der Waals surface area (Å²) in [5.74, 6) is 0.765. The maximum Gasteiger partial charge on any atom is 0.246 e. The quantitative estimate of drug-likeness (QED) is 0.547. The predicted octanol–water partition coefficient (Wildman–Crippen LogP) is 5.32. The van der Waals surface area contributed by atoms with Gasteiger partial charge in [-0.15, -0.1) is 11.3 Å². The Labute approximate surface area is 180 Å². The van der Waals surface area contributed by atoms with Crippen molar-refractivity contribution in [2.24, 2.45) is 0 Å². The summed E-state index contributed by atoms with van der Waals surface area (Å²) in [5.41, 5.74) is 3.32. The van der Waals surface area contributed by atoms with E-state index in [-0.39, 0.29) is 5.91 Å². The number of pyridine rings is 1. The minimum absolute atomic E-state index is 0.0270. The van der Waals surface area contributed by atoms with E-state index in [4.69, 9.17) is 4.98 Å². The molecule has 1 unspecified atom stereocenters. The lowest BCUT2D eigenvalue weighted by atomic mass is 10.0. The van der Waals surface area contributed by atoms with Crippen LogP contribution in [0, 0.1) is 6.92 Å². The van der Waals surface area contributed by atoms with E-state index >= 15 is 0 Å². The topological polar surface area (TPSA) is 63.1 Å². The summed E-state index contributed by atoms with van der Waals surface area (Å²) in [4.78, 5) is 24.3. The minimum atomic E-state index is -0.0270. The van der Waals surface area contributed by atoms with Crippen LogP contribution in [0.4, 0.5) is 10.9 Å². The van der Waals surface area contributed by atoms with Crippen LogP contribution < -0.4 is 5.32 Å². The molecule has 1 amide bonds. The number of aromatic nitrogens is 3. The Morgan fingerprint density at radius 1 is 1.47 bits per heavy atom. The van der Waals surface area contributed by atoms with Crippen molar-refractivity contribution in [3.8, 4) is 0 Å². The number of carbonyl (C=O) groups excluding carboxylic acids is 1. The number of nitrogens with zero attached hydrogens (tertiary/aromatic N) is 4. The SMILES string of the molecule is C=CC(=O)N1CC=C(c2nc(Nc3ncc(C)s3)cc3c2ccn3C(C)CC)CC1. The lowest BCUT2D eigenvalue weighted by Crippen LogP contribution is -2.33. The maximum absolute atomic E-state index is 11.9. The number of aryl methyl sites for hydroxylation is 1. The summed E-state index contributed by atoms with van der Waals surface area (Å²) in [6.45, 7) is 11.3. The highest BCUT2D eigenvalue weighted by molar-refractivity contribution is 7.15. The molecule has 0 spiro atoms. The Morgan fingerprint density at radius 3 is 2.93 bits per heavy atom. The van der Waals surface area contributed by atoms with Gasteiger partial charge in [-0.3, -0.25) is 4.79 Å². The van der Waals surface area contributed by atoms with Crippen molar-refractivity contribution in [3.05, 3.63) is 53.8 Å². The number of rotatable bonds is 6. The zero-order chi connectivity index (χ0) is 21.3. The van der Waals surface area contributed by atoms with Gasteiger partial charge in [-0.25, -0.2) is 9.97 Å². The highest BCUT2D eigenvalue weighted by Gasteiger charge is 2.20. The van der Waals surface area contributed by atoms with Gasteiger partial charge in [-0.2, -0.15) is 0 Å².